The number of aryl methyl sites for hydroxylation is 1. The van der Waals surface area contributed by atoms with Crippen molar-refractivity contribution in [2.45, 2.75) is 39.2 Å². The molecule has 0 heterocycles. The standard InChI is InChI=1S/C19H23N/c1-4-20-19(16-11-7-8-13(2)14(16)3)18-12-15-9-5-6-10-17(15)18/h5-11,18-20H,4,12H2,1-3H3. The maximum absolute atomic E-state index is 3.71. The van der Waals surface area contributed by atoms with E-state index in [0.717, 1.165) is 6.54 Å². The first-order valence-corrected chi connectivity index (χ1v) is 7.59. The van der Waals surface area contributed by atoms with Crippen molar-refractivity contribution in [2.75, 3.05) is 6.54 Å². The summed E-state index contributed by atoms with van der Waals surface area (Å²) in [6.45, 7) is 7.66. The summed E-state index contributed by atoms with van der Waals surface area (Å²) >= 11 is 0. The summed E-state index contributed by atoms with van der Waals surface area (Å²) in [4.78, 5) is 0. The predicted octanol–water partition coefficient (Wildman–Crippen LogP) is 4.29. The number of fused-ring (bicyclic) bond motifs is 1. The van der Waals surface area contributed by atoms with Crippen LogP contribution in [-0.2, 0) is 6.42 Å². The quantitative estimate of drug-likeness (QED) is 0.869. The van der Waals surface area contributed by atoms with Crippen LogP contribution in [0.2, 0.25) is 0 Å². The maximum Gasteiger partial charge on any atom is 0.0395 e. The van der Waals surface area contributed by atoms with Gasteiger partial charge in [0.1, 0.15) is 0 Å². The molecule has 20 heavy (non-hydrogen) atoms. The van der Waals surface area contributed by atoms with Crippen molar-refractivity contribution < 1.29 is 0 Å². The molecule has 1 aliphatic carbocycles. The summed E-state index contributed by atoms with van der Waals surface area (Å²) in [5, 5.41) is 3.71. The van der Waals surface area contributed by atoms with Gasteiger partial charge in [-0.3, -0.25) is 0 Å². The second-order valence-corrected chi connectivity index (χ2v) is 5.83. The monoisotopic (exact) mass is 265 g/mol. The minimum Gasteiger partial charge on any atom is -0.310 e. The van der Waals surface area contributed by atoms with Gasteiger partial charge in [0, 0.05) is 12.0 Å². The van der Waals surface area contributed by atoms with E-state index in [1.165, 1.54) is 34.2 Å². The van der Waals surface area contributed by atoms with E-state index in [4.69, 9.17) is 0 Å². The van der Waals surface area contributed by atoms with E-state index in [1.807, 2.05) is 0 Å². The molecule has 0 aliphatic heterocycles. The molecule has 2 aromatic carbocycles. The fourth-order valence-electron chi connectivity index (χ4n) is 3.39. The van der Waals surface area contributed by atoms with Crippen molar-refractivity contribution in [1.29, 1.82) is 0 Å². The molecule has 0 bridgehead atoms. The molecule has 2 atom stereocenters. The lowest BCUT2D eigenvalue weighted by atomic mass is 9.71. The SMILES string of the molecule is CCNC(c1cccc(C)c1C)C1Cc2ccccc21. The molecule has 0 aromatic heterocycles. The lowest BCUT2D eigenvalue weighted by Crippen LogP contribution is -2.33. The number of hydrogen-bond acceptors (Lipinski definition) is 1. The fraction of sp³-hybridized carbons (Fsp3) is 0.368. The Morgan fingerprint density at radius 3 is 2.65 bits per heavy atom. The van der Waals surface area contributed by atoms with Gasteiger partial charge >= 0.3 is 0 Å². The normalized spacial score (nSPS) is 18.2. The molecule has 1 N–H and O–H groups in total. The molecular formula is C19H23N. The van der Waals surface area contributed by atoms with Crippen LogP contribution in [0.5, 0.6) is 0 Å². The fourth-order valence-corrected chi connectivity index (χ4v) is 3.39. The van der Waals surface area contributed by atoms with Crippen molar-refractivity contribution in [3.05, 3.63) is 70.3 Å². The first kappa shape index (κ1) is 13.4. The Hall–Kier alpha value is -1.60. The van der Waals surface area contributed by atoms with Crippen molar-refractivity contribution in [3.8, 4) is 0 Å². The molecule has 0 saturated heterocycles. The average Bonchev–Trinajstić information content (AvgIpc) is 2.42. The summed E-state index contributed by atoms with van der Waals surface area (Å²) in [7, 11) is 0. The highest BCUT2D eigenvalue weighted by Crippen LogP contribution is 2.44. The van der Waals surface area contributed by atoms with Crippen LogP contribution in [0.4, 0.5) is 0 Å². The predicted molar refractivity (Wildman–Crippen MR) is 85.2 cm³/mol. The van der Waals surface area contributed by atoms with Crippen LogP contribution >= 0.6 is 0 Å². The van der Waals surface area contributed by atoms with Crippen LogP contribution in [0.15, 0.2) is 42.5 Å². The van der Waals surface area contributed by atoms with Crippen LogP contribution in [0.25, 0.3) is 0 Å². The molecular weight excluding hydrogens is 242 g/mol. The smallest absolute Gasteiger partial charge is 0.0395 e. The zero-order chi connectivity index (χ0) is 14.1. The number of nitrogens with one attached hydrogen (secondary N) is 1. The van der Waals surface area contributed by atoms with Gasteiger partial charge in [-0.2, -0.15) is 0 Å². The summed E-state index contributed by atoms with van der Waals surface area (Å²) in [5.41, 5.74) is 7.33. The first-order valence-electron chi connectivity index (χ1n) is 7.59. The molecule has 3 rings (SSSR count). The van der Waals surface area contributed by atoms with Gasteiger partial charge in [-0.05, 0) is 54.6 Å². The molecule has 0 fully saturated rings. The third-order valence-corrected chi connectivity index (χ3v) is 4.70. The molecule has 2 aromatic rings. The van der Waals surface area contributed by atoms with Crippen molar-refractivity contribution in [3.63, 3.8) is 0 Å². The summed E-state index contributed by atoms with van der Waals surface area (Å²) in [6, 6.07) is 16.0. The van der Waals surface area contributed by atoms with E-state index in [-0.39, 0.29) is 0 Å². The molecule has 2 unspecified atom stereocenters. The Balaban J connectivity index is 1.97. The Bertz CT molecular complexity index is 615. The lowest BCUT2D eigenvalue weighted by Gasteiger charge is -2.38. The zero-order valence-electron chi connectivity index (χ0n) is 12.6. The van der Waals surface area contributed by atoms with Gasteiger partial charge in [0.2, 0.25) is 0 Å². The van der Waals surface area contributed by atoms with Crippen molar-refractivity contribution in [2.24, 2.45) is 0 Å². The lowest BCUT2D eigenvalue weighted by molar-refractivity contribution is 0.418. The highest BCUT2D eigenvalue weighted by atomic mass is 14.9. The molecule has 0 radical (unpaired) electrons. The van der Waals surface area contributed by atoms with E-state index in [1.54, 1.807) is 0 Å². The van der Waals surface area contributed by atoms with E-state index < -0.39 is 0 Å². The number of likely N-dealkylation sites (N-methyl/N-ethyl adjacent to an activating group) is 1. The van der Waals surface area contributed by atoms with Gasteiger partial charge in [-0.1, -0.05) is 49.4 Å². The Morgan fingerprint density at radius 2 is 1.90 bits per heavy atom. The minimum absolute atomic E-state index is 0.440. The molecule has 0 amide bonds. The van der Waals surface area contributed by atoms with Crippen LogP contribution < -0.4 is 5.32 Å². The van der Waals surface area contributed by atoms with Crippen LogP contribution in [0.3, 0.4) is 0 Å². The Kier molecular flexibility index (Phi) is 3.62. The minimum atomic E-state index is 0.440. The molecule has 104 valence electrons. The van der Waals surface area contributed by atoms with Gasteiger partial charge in [0.25, 0.3) is 0 Å². The summed E-state index contributed by atoms with van der Waals surface area (Å²) < 4.78 is 0. The second kappa shape index (κ2) is 5.41. The Morgan fingerprint density at radius 1 is 1.10 bits per heavy atom. The number of hydrogen-bond donors (Lipinski definition) is 1. The van der Waals surface area contributed by atoms with Gasteiger partial charge < -0.3 is 5.32 Å². The van der Waals surface area contributed by atoms with Gasteiger partial charge in [-0.25, -0.2) is 0 Å². The Labute approximate surface area is 122 Å². The van der Waals surface area contributed by atoms with Gasteiger partial charge in [0.05, 0.1) is 0 Å². The van der Waals surface area contributed by atoms with Crippen LogP contribution in [0, 0.1) is 13.8 Å². The maximum atomic E-state index is 3.71. The van der Waals surface area contributed by atoms with E-state index in [0.29, 0.717) is 12.0 Å². The summed E-state index contributed by atoms with van der Waals surface area (Å²) in [6.07, 6.45) is 1.20. The molecule has 1 heteroatoms. The highest BCUT2D eigenvalue weighted by molar-refractivity contribution is 5.45. The summed E-state index contributed by atoms with van der Waals surface area (Å²) in [5.74, 6) is 0.617. The van der Waals surface area contributed by atoms with Crippen molar-refractivity contribution in [1.82, 2.24) is 5.32 Å². The molecule has 1 nitrogen and oxygen atoms in total. The van der Waals surface area contributed by atoms with E-state index in [2.05, 4.69) is 68.6 Å². The first-order chi connectivity index (χ1) is 9.72. The number of benzene rings is 2. The van der Waals surface area contributed by atoms with E-state index in [9.17, 15) is 0 Å². The van der Waals surface area contributed by atoms with Gasteiger partial charge in [-0.15, -0.1) is 0 Å². The largest absolute Gasteiger partial charge is 0.310 e. The zero-order valence-corrected chi connectivity index (χ0v) is 12.6. The molecule has 1 aliphatic rings. The van der Waals surface area contributed by atoms with Crippen molar-refractivity contribution >= 4 is 0 Å². The average molecular weight is 265 g/mol. The van der Waals surface area contributed by atoms with Gasteiger partial charge in [0.15, 0.2) is 0 Å². The highest BCUT2D eigenvalue weighted by Gasteiger charge is 2.33. The molecule has 0 spiro atoms. The molecule has 0 saturated carbocycles. The van der Waals surface area contributed by atoms with E-state index >= 15 is 0 Å². The second-order valence-electron chi connectivity index (χ2n) is 5.83. The van der Waals surface area contributed by atoms with Crippen LogP contribution in [0.1, 0.15) is 46.7 Å². The third-order valence-electron chi connectivity index (χ3n) is 4.70. The van der Waals surface area contributed by atoms with Crippen LogP contribution in [-0.4, -0.2) is 6.54 Å². The topological polar surface area (TPSA) is 12.0 Å². The third kappa shape index (κ3) is 2.16. The number of rotatable bonds is 4.